The first kappa shape index (κ1) is 17.7. The van der Waals surface area contributed by atoms with Crippen LogP contribution in [-0.2, 0) is 14.8 Å². The van der Waals surface area contributed by atoms with Crippen LogP contribution in [0.15, 0.2) is 23.1 Å². The number of ether oxygens (including phenoxy) is 1. The van der Waals surface area contributed by atoms with Crippen LogP contribution in [0.25, 0.3) is 0 Å². The molecule has 128 valence electrons. The van der Waals surface area contributed by atoms with Gasteiger partial charge in [0.2, 0.25) is 10.0 Å². The number of hydrogen-bond acceptors (Lipinski definition) is 4. The Kier molecular flexibility index (Phi) is 4.68. The topological polar surface area (TPSA) is 83.9 Å². The zero-order valence-corrected chi connectivity index (χ0v) is 14.1. The van der Waals surface area contributed by atoms with Crippen molar-refractivity contribution in [2.45, 2.75) is 37.1 Å². The Morgan fingerprint density at radius 1 is 1.48 bits per heavy atom. The molecular weight excluding hydrogens is 325 g/mol. The zero-order chi connectivity index (χ0) is 17.4. The summed E-state index contributed by atoms with van der Waals surface area (Å²) in [5.41, 5.74) is -0.783. The zero-order valence-electron chi connectivity index (χ0n) is 13.2. The van der Waals surface area contributed by atoms with Crippen LogP contribution in [0.3, 0.4) is 0 Å². The predicted octanol–water partition coefficient (Wildman–Crippen LogP) is 2.10. The lowest BCUT2D eigenvalue weighted by molar-refractivity contribution is -0.138. The molecule has 0 aromatic heterocycles. The fraction of sp³-hybridized carbons (Fsp3) is 0.533. The Morgan fingerprint density at radius 3 is 2.70 bits per heavy atom. The van der Waals surface area contributed by atoms with Crippen LogP contribution in [0, 0.1) is 11.7 Å². The average Bonchev–Trinajstić information content (AvgIpc) is 2.73. The molecule has 1 atom stereocenters. The molecule has 0 saturated carbocycles. The van der Waals surface area contributed by atoms with Gasteiger partial charge < -0.3 is 9.84 Å². The van der Waals surface area contributed by atoms with Gasteiger partial charge in [-0.05, 0) is 38.3 Å². The molecule has 1 aliphatic heterocycles. The minimum Gasteiger partial charge on any atom is -0.494 e. The van der Waals surface area contributed by atoms with Crippen molar-refractivity contribution >= 4 is 16.0 Å². The van der Waals surface area contributed by atoms with Crippen molar-refractivity contribution in [1.29, 1.82) is 0 Å². The maximum absolute atomic E-state index is 14.4. The van der Waals surface area contributed by atoms with Crippen molar-refractivity contribution < 1.29 is 27.4 Å². The van der Waals surface area contributed by atoms with Gasteiger partial charge >= 0.3 is 5.97 Å². The Balaban J connectivity index is 2.42. The highest BCUT2D eigenvalue weighted by atomic mass is 32.2. The van der Waals surface area contributed by atoms with Gasteiger partial charge in [0.25, 0.3) is 0 Å². The van der Waals surface area contributed by atoms with E-state index in [1.165, 1.54) is 29.6 Å². The van der Waals surface area contributed by atoms with E-state index in [1.807, 2.05) is 0 Å². The monoisotopic (exact) mass is 345 g/mol. The van der Waals surface area contributed by atoms with Gasteiger partial charge in [-0.2, -0.15) is 4.31 Å². The molecule has 0 spiro atoms. The lowest BCUT2D eigenvalue weighted by Gasteiger charge is -2.30. The summed E-state index contributed by atoms with van der Waals surface area (Å²) in [4.78, 5) is 10.4. The third kappa shape index (κ3) is 3.32. The van der Waals surface area contributed by atoms with Crippen LogP contribution in [0.5, 0.6) is 5.75 Å². The van der Waals surface area contributed by atoms with Crippen molar-refractivity contribution in [3.63, 3.8) is 0 Å². The van der Waals surface area contributed by atoms with Gasteiger partial charge in [0.1, 0.15) is 4.90 Å². The number of aliphatic carboxylic acids is 1. The van der Waals surface area contributed by atoms with Crippen molar-refractivity contribution in [1.82, 2.24) is 4.31 Å². The molecule has 23 heavy (non-hydrogen) atoms. The molecule has 8 heteroatoms. The van der Waals surface area contributed by atoms with E-state index in [0.29, 0.717) is 6.42 Å². The third-order valence-corrected chi connectivity index (χ3v) is 6.16. The van der Waals surface area contributed by atoms with E-state index in [-0.39, 0.29) is 24.6 Å². The van der Waals surface area contributed by atoms with Crippen molar-refractivity contribution in [2.24, 2.45) is 5.92 Å². The van der Waals surface area contributed by atoms with Gasteiger partial charge in [0.05, 0.1) is 7.11 Å². The van der Waals surface area contributed by atoms with Crippen LogP contribution in [0.4, 0.5) is 4.39 Å². The quantitative estimate of drug-likeness (QED) is 0.883. The normalized spacial score (nSPS) is 21.3. The highest BCUT2D eigenvalue weighted by molar-refractivity contribution is 7.89. The maximum Gasteiger partial charge on any atom is 0.303 e. The van der Waals surface area contributed by atoms with Crippen molar-refractivity contribution in [3.8, 4) is 5.75 Å². The number of rotatable bonds is 5. The Hall–Kier alpha value is -1.67. The smallest absolute Gasteiger partial charge is 0.303 e. The minimum absolute atomic E-state index is 0.0539. The number of sulfonamides is 1. The molecule has 1 aromatic carbocycles. The van der Waals surface area contributed by atoms with E-state index >= 15 is 0 Å². The molecule has 1 fully saturated rings. The highest BCUT2D eigenvalue weighted by Crippen LogP contribution is 2.39. The van der Waals surface area contributed by atoms with Gasteiger partial charge in [0, 0.05) is 18.5 Å². The van der Waals surface area contributed by atoms with Gasteiger partial charge in [-0.15, -0.1) is 0 Å². The van der Waals surface area contributed by atoms with E-state index in [4.69, 9.17) is 9.84 Å². The van der Waals surface area contributed by atoms with E-state index in [1.54, 1.807) is 13.8 Å². The molecule has 1 heterocycles. The third-order valence-electron chi connectivity index (χ3n) is 4.07. The summed E-state index contributed by atoms with van der Waals surface area (Å²) in [6, 6.07) is 3.94. The Labute approximate surface area is 134 Å². The van der Waals surface area contributed by atoms with Crippen LogP contribution in [0.1, 0.15) is 26.7 Å². The van der Waals surface area contributed by atoms with Gasteiger partial charge in [0.15, 0.2) is 11.6 Å². The summed E-state index contributed by atoms with van der Waals surface area (Å²) in [5.74, 6) is -2.36. The molecule has 1 unspecified atom stereocenters. The van der Waals surface area contributed by atoms with Crippen LogP contribution >= 0.6 is 0 Å². The van der Waals surface area contributed by atoms with Gasteiger partial charge in [-0.3, -0.25) is 4.79 Å². The lowest BCUT2D eigenvalue weighted by Crippen LogP contribution is -2.42. The van der Waals surface area contributed by atoms with E-state index in [9.17, 15) is 17.6 Å². The number of carboxylic acid groups (broad SMARTS) is 1. The minimum atomic E-state index is -4.09. The number of benzene rings is 1. The summed E-state index contributed by atoms with van der Waals surface area (Å²) in [6.07, 6.45) is 0.292. The summed E-state index contributed by atoms with van der Waals surface area (Å²) >= 11 is 0. The summed E-state index contributed by atoms with van der Waals surface area (Å²) in [5, 5.41) is 8.92. The first-order valence-corrected chi connectivity index (χ1v) is 8.60. The summed E-state index contributed by atoms with van der Waals surface area (Å²) < 4.78 is 46.1. The molecule has 0 amide bonds. The van der Waals surface area contributed by atoms with Crippen molar-refractivity contribution in [2.75, 3.05) is 13.7 Å². The SMILES string of the molecule is COc1cccc(S(=O)(=O)N2CC(CC(=O)O)CC2(C)C)c1F. The molecule has 2 rings (SSSR count). The molecule has 0 bridgehead atoms. The van der Waals surface area contributed by atoms with Crippen LogP contribution < -0.4 is 4.74 Å². The first-order valence-electron chi connectivity index (χ1n) is 7.16. The number of carbonyl (C=O) groups is 1. The largest absolute Gasteiger partial charge is 0.494 e. The number of carboxylic acids is 1. The second-order valence-electron chi connectivity index (χ2n) is 6.29. The average molecular weight is 345 g/mol. The molecule has 0 radical (unpaired) electrons. The highest BCUT2D eigenvalue weighted by Gasteiger charge is 2.46. The summed E-state index contributed by atoms with van der Waals surface area (Å²) in [7, 11) is -2.83. The molecule has 1 N–H and O–H groups in total. The Bertz CT molecular complexity index is 717. The van der Waals surface area contributed by atoms with E-state index in [0.717, 1.165) is 0 Å². The van der Waals surface area contributed by atoms with Gasteiger partial charge in [-0.25, -0.2) is 12.8 Å². The maximum atomic E-state index is 14.4. The fourth-order valence-electron chi connectivity index (χ4n) is 3.13. The molecular formula is C15H20FNO5S. The number of hydrogen-bond donors (Lipinski definition) is 1. The van der Waals surface area contributed by atoms with Gasteiger partial charge in [-0.1, -0.05) is 6.07 Å². The second kappa shape index (κ2) is 6.09. The van der Waals surface area contributed by atoms with Crippen LogP contribution in [-0.4, -0.2) is 43.0 Å². The van der Waals surface area contributed by atoms with E-state index < -0.39 is 32.2 Å². The Morgan fingerprint density at radius 2 is 2.13 bits per heavy atom. The molecule has 0 aliphatic carbocycles. The number of methoxy groups -OCH3 is 1. The molecule has 1 aliphatic rings. The molecule has 1 aromatic rings. The standard InChI is InChI=1S/C15H20FNO5S/c1-15(2)8-10(7-13(18)19)9-17(15)23(20,21)12-6-4-5-11(22-3)14(12)16/h4-6,10H,7-9H2,1-3H3,(H,18,19). The number of halogens is 1. The van der Waals surface area contributed by atoms with E-state index in [2.05, 4.69) is 0 Å². The molecule has 1 saturated heterocycles. The predicted molar refractivity (Wildman–Crippen MR) is 81.3 cm³/mol. The lowest BCUT2D eigenvalue weighted by atomic mass is 9.95. The first-order chi connectivity index (χ1) is 10.6. The molecule has 6 nitrogen and oxygen atoms in total. The second-order valence-corrected chi connectivity index (χ2v) is 8.12. The van der Waals surface area contributed by atoms with Crippen LogP contribution in [0.2, 0.25) is 0 Å². The summed E-state index contributed by atoms with van der Waals surface area (Å²) in [6.45, 7) is 3.48. The fourth-order valence-corrected chi connectivity index (χ4v) is 5.08. The number of nitrogens with zero attached hydrogens (tertiary/aromatic N) is 1. The van der Waals surface area contributed by atoms with Crippen molar-refractivity contribution in [3.05, 3.63) is 24.0 Å².